The predicted molar refractivity (Wildman–Crippen MR) is 187 cm³/mol. The Hall–Kier alpha value is -4.33. The van der Waals surface area contributed by atoms with Gasteiger partial charge in [-0.05, 0) is 31.0 Å². The summed E-state index contributed by atoms with van der Waals surface area (Å²) in [5.74, 6) is 0.596. The van der Waals surface area contributed by atoms with Gasteiger partial charge in [-0.1, -0.05) is 41.4 Å². The van der Waals surface area contributed by atoms with Crippen LogP contribution < -0.4 is 25.4 Å². The van der Waals surface area contributed by atoms with Gasteiger partial charge in [-0.25, -0.2) is 4.98 Å². The van der Waals surface area contributed by atoms with Crippen LogP contribution in [0.2, 0.25) is 10.0 Å². The molecule has 2 fully saturated rings. The highest BCUT2D eigenvalue weighted by atomic mass is 35.5. The van der Waals surface area contributed by atoms with E-state index in [-0.39, 0.29) is 28.8 Å². The van der Waals surface area contributed by atoms with Crippen LogP contribution in [0, 0.1) is 0 Å². The van der Waals surface area contributed by atoms with Gasteiger partial charge in [-0.3, -0.25) is 24.5 Å². The summed E-state index contributed by atoms with van der Waals surface area (Å²) >= 11 is 13.8. The summed E-state index contributed by atoms with van der Waals surface area (Å²) in [5, 5.41) is 19.6. The average molecular weight is 707 g/mol. The molecule has 0 saturated carbocycles. The van der Waals surface area contributed by atoms with Gasteiger partial charge in [0.25, 0.3) is 5.91 Å². The predicted octanol–water partition coefficient (Wildman–Crippen LogP) is 4.72. The molecule has 0 radical (unpaired) electrons. The maximum Gasteiger partial charge on any atom is 0.274 e. The molecule has 0 unspecified atom stereocenters. The van der Waals surface area contributed by atoms with E-state index in [2.05, 4.69) is 30.8 Å². The van der Waals surface area contributed by atoms with Crippen molar-refractivity contribution in [1.29, 1.82) is 0 Å². The van der Waals surface area contributed by atoms with Gasteiger partial charge in [-0.15, -0.1) is 0 Å². The molecule has 3 aromatic heterocycles. The van der Waals surface area contributed by atoms with Crippen molar-refractivity contribution >= 4 is 40.7 Å². The number of halogens is 2. The fraction of sp³-hybridized carbons (Fsp3) is 0.343. The van der Waals surface area contributed by atoms with Gasteiger partial charge in [0.2, 0.25) is 11.8 Å². The van der Waals surface area contributed by atoms with Crippen LogP contribution in [-0.4, -0.2) is 82.8 Å². The molecule has 2 amide bonds. The van der Waals surface area contributed by atoms with Crippen molar-refractivity contribution in [1.82, 2.24) is 30.5 Å². The van der Waals surface area contributed by atoms with E-state index < -0.39 is 5.91 Å². The molecule has 6 rings (SSSR count). The summed E-state index contributed by atoms with van der Waals surface area (Å²) in [6.45, 7) is 3.09. The molecule has 2 aliphatic heterocycles. The van der Waals surface area contributed by atoms with Crippen LogP contribution in [0.3, 0.4) is 0 Å². The van der Waals surface area contributed by atoms with Gasteiger partial charge in [0.05, 0.1) is 47.4 Å². The fourth-order valence-electron chi connectivity index (χ4n) is 6.06. The molecule has 0 bridgehead atoms. The lowest BCUT2D eigenvalue weighted by molar-refractivity contribution is -0.119. The van der Waals surface area contributed by atoms with Gasteiger partial charge in [0, 0.05) is 85.9 Å². The third-order valence-corrected chi connectivity index (χ3v) is 9.42. The monoisotopic (exact) mass is 705 g/mol. The lowest BCUT2D eigenvalue weighted by Crippen LogP contribution is -2.35. The first kappa shape index (κ1) is 34.5. The second-order valence-corrected chi connectivity index (χ2v) is 12.8. The zero-order valence-electron chi connectivity index (χ0n) is 27.1. The summed E-state index contributed by atoms with van der Waals surface area (Å²) < 4.78 is 11.2. The Labute approximate surface area is 294 Å². The van der Waals surface area contributed by atoms with Crippen molar-refractivity contribution in [3.63, 3.8) is 0 Å². The largest absolute Gasteiger partial charge is 0.496 e. The molecule has 2 atom stereocenters. The minimum atomic E-state index is -0.466. The van der Waals surface area contributed by atoms with E-state index in [9.17, 15) is 14.7 Å². The molecule has 0 spiro atoms. The number of ether oxygens (including phenoxy) is 2. The zero-order chi connectivity index (χ0) is 34.5. The number of aliphatic hydroxyl groups is 1. The van der Waals surface area contributed by atoms with Crippen LogP contribution in [0.4, 0.5) is 5.69 Å². The Morgan fingerprint density at radius 1 is 1.06 bits per heavy atom. The van der Waals surface area contributed by atoms with Crippen LogP contribution in [0.15, 0.2) is 54.9 Å². The molecule has 4 N–H and O–H groups in total. The maximum absolute atomic E-state index is 13.3. The smallest absolute Gasteiger partial charge is 0.274 e. The number of rotatable bonds is 12. The van der Waals surface area contributed by atoms with E-state index in [0.717, 1.165) is 30.5 Å². The Bertz CT molecular complexity index is 1860. The zero-order valence-corrected chi connectivity index (χ0v) is 28.6. The normalized spacial score (nSPS) is 17.6. The van der Waals surface area contributed by atoms with Gasteiger partial charge in [0.15, 0.2) is 0 Å². The van der Waals surface area contributed by atoms with Crippen LogP contribution in [0.5, 0.6) is 11.6 Å². The lowest BCUT2D eigenvalue weighted by Gasteiger charge is -2.17. The number of amides is 2. The number of methoxy groups -OCH3 is 2. The SMILES string of the molecule is COc1cc(C(=O)Nc2cccc(-c3nccc(-c4ccc(CNC[C@H]5CCC(=O)N5)c(OC)n4)c3Cl)c2Cl)ncc1CN1CC[C@H](O)C1. The van der Waals surface area contributed by atoms with Crippen LogP contribution in [0.25, 0.3) is 22.5 Å². The van der Waals surface area contributed by atoms with Gasteiger partial charge in [0.1, 0.15) is 11.4 Å². The molecule has 1 aromatic carbocycles. The summed E-state index contributed by atoms with van der Waals surface area (Å²) in [7, 11) is 3.11. The van der Waals surface area contributed by atoms with Gasteiger partial charge in [-0.2, -0.15) is 0 Å². The number of likely N-dealkylation sites (tertiary alicyclic amines) is 1. The average Bonchev–Trinajstić information content (AvgIpc) is 3.72. The minimum absolute atomic E-state index is 0.0812. The Kier molecular flexibility index (Phi) is 10.9. The van der Waals surface area contributed by atoms with Gasteiger partial charge >= 0.3 is 0 Å². The molecule has 5 heterocycles. The molecule has 2 saturated heterocycles. The van der Waals surface area contributed by atoms with Crippen molar-refractivity contribution in [2.75, 3.05) is 39.2 Å². The number of carbonyl (C=O) groups excluding carboxylic acids is 2. The van der Waals surface area contributed by atoms with Gasteiger partial charge < -0.3 is 30.5 Å². The van der Waals surface area contributed by atoms with E-state index >= 15 is 0 Å². The molecule has 256 valence electrons. The van der Waals surface area contributed by atoms with Crippen molar-refractivity contribution in [3.05, 3.63) is 81.7 Å². The fourth-order valence-corrected chi connectivity index (χ4v) is 6.64. The van der Waals surface area contributed by atoms with Crippen molar-refractivity contribution in [3.8, 4) is 34.1 Å². The standard InChI is InChI=1S/C35H37Cl2N7O5/c1-48-29-14-28(40-16-21(29)18-44-13-11-23(45)19-44)34(47)42-27-5-3-4-25(31(27)36)33-32(37)24(10-12-39-33)26-8-6-20(35(43-26)49-2)15-38-17-22-7-9-30(46)41-22/h3-6,8,10,12,14,16,22-23,38,45H,7,9,11,13,15,17-19H2,1-2H3,(H,41,46)(H,42,47)/t22-,23+/m1/s1. The quantitative estimate of drug-likeness (QED) is 0.163. The number of hydrogen-bond donors (Lipinski definition) is 4. The van der Waals surface area contributed by atoms with Crippen molar-refractivity contribution < 1.29 is 24.2 Å². The van der Waals surface area contributed by atoms with E-state index in [1.807, 2.05) is 12.1 Å². The molecule has 0 aliphatic carbocycles. The number of hydrogen-bond acceptors (Lipinski definition) is 10. The van der Waals surface area contributed by atoms with Crippen molar-refractivity contribution in [2.24, 2.45) is 0 Å². The number of aliphatic hydroxyl groups excluding tert-OH is 1. The summed E-state index contributed by atoms with van der Waals surface area (Å²) in [4.78, 5) is 40.5. The van der Waals surface area contributed by atoms with Crippen LogP contribution >= 0.6 is 23.2 Å². The topological polar surface area (TPSA) is 151 Å². The number of pyridine rings is 3. The Morgan fingerprint density at radius 3 is 2.65 bits per heavy atom. The molecule has 12 nitrogen and oxygen atoms in total. The summed E-state index contributed by atoms with van der Waals surface area (Å²) in [6.07, 6.45) is 5.00. The molecule has 4 aromatic rings. The lowest BCUT2D eigenvalue weighted by atomic mass is 10.1. The van der Waals surface area contributed by atoms with E-state index in [0.29, 0.717) is 77.5 Å². The highest BCUT2D eigenvalue weighted by Crippen LogP contribution is 2.40. The molecule has 14 heteroatoms. The molecule has 49 heavy (non-hydrogen) atoms. The van der Waals surface area contributed by atoms with E-state index in [4.69, 9.17) is 37.7 Å². The number of β-amino-alcohol motifs (C(OH)–C–C–N with tert-alkyl or cyclic N) is 1. The maximum atomic E-state index is 13.3. The van der Waals surface area contributed by atoms with Crippen LogP contribution in [0.1, 0.15) is 40.9 Å². The molecule has 2 aliphatic rings. The number of benzene rings is 1. The Morgan fingerprint density at radius 2 is 1.92 bits per heavy atom. The first-order valence-corrected chi connectivity index (χ1v) is 16.7. The number of nitrogens with one attached hydrogen (secondary N) is 3. The second-order valence-electron chi connectivity index (χ2n) is 12.0. The molecular weight excluding hydrogens is 669 g/mol. The highest BCUT2D eigenvalue weighted by molar-refractivity contribution is 6.39. The van der Waals surface area contributed by atoms with Crippen LogP contribution in [-0.2, 0) is 17.9 Å². The summed E-state index contributed by atoms with van der Waals surface area (Å²) in [5.41, 5.74) is 4.35. The van der Waals surface area contributed by atoms with E-state index in [1.165, 1.54) is 0 Å². The number of anilines is 1. The number of carbonyl (C=O) groups is 2. The second kappa shape index (κ2) is 15.5. The number of aromatic nitrogens is 3. The third-order valence-electron chi connectivity index (χ3n) is 8.63. The highest BCUT2D eigenvalue weighted by Gasteiger charge is 2.24. The van der Waals surface area contributed by atoms with Crippen molar-refractivity contribution in [2.45, 2.75) is 44.5 Å². The third kappa shape index (κ3) is 7.95. The minimum Gasteiger partial charge on any atom is -0.496 e. The Balaban J connectivity index is 1.18. The van der Waals surface area contributed by atoms with E-state index in [1.54, 1.807) is 56.9 Å². The number of nitrogens with zero attached hydrogens (tertiary/aromatic N) is 4. The first-order valence-electron chi connectivity index (χ1n) is 16.0. The molecular formula is C35H37Cl2N7O5. The first-order chi connectivity index (χ1) is 23.7. The summed E-state index contributed by atoms with van der Waals surface area (Å²) in [6, 6.07) is 12.5.